The number of carbonyl (C=O) groups excluding carboxylic acids is 2. The zero-order chi connectivity index (χ0) is 17.0. The quantitative estimate of drug-likeness (QED) is 0.931. The maximum atomic E-state index is 12.4. The van der Waals surface area contributed by atoms with Gasteiger partial charge in [-0.1, -0.05) is 17.7 Å². The van der Waals surface area contributed by atoms with Gasteiger partial charge in [-0.25, -0.2) is 4.79 Å². The summed E-state index contributed by atoms with van der Waals surface area (Å²) >= 11 is 0. The number of anilines is 1. The zero-order valence-electron chi connectivity index (χ0n) is 14.4. The Hall–Kier alpha value is -2.04. The number of fused-ring (bicyclic) bond motifs is 1. The highest BCUT2D eigenvalue weighted by molar-refractivity contribution is 5.94. The average Bonchev–Trinajstić information content (AvgIpc) is 2.44. The van der Waals surface area contributed by atoms with E-state index in [-0.39, 0.29) is 18.9 Å². The van der Waals surface area contributed by atoms with Crippen LogP contribution in [0.3, 0.4) is 0 Å². The van der Waals surface area contributed by atoms with Gasteiger partial charge < -0.3 is 15.0 Å². The summed E-state index contributed by atoms with van der Waals surface area (Å²) < 4.78 is 5.16. The largest absolute Gasteiger partial charge is 0.444 e. The van der Waals surface area contributed by atoms with Gasteiger partial charge in [-0.15, -0.1) is 0 Å². The first-order valence-corrected chi connectivity index (χ1v) is 8.13. The lowest BCUT2D eigenvalue weighted by Gasteiger charge is -2.30. The zero-order valence-corrected chi connectivity index (χ0v) is 14.4. The van der Waals surface area contributed by atoms with Crippen molar-refractivity contribution < 1.29 is 14.3 Å². The molecule has 0 saturated heterocycles. The van der Waals surface area contributed by atoms with Crippen molar-refractivity contribution in [2.75, 3.05) is 18.0 Å². The molecule has 5 heteroatoms. The van der Waals surface area contributed by atoms with Gasteiger partial charge in [0.05, 0.1) is 0 Å². The number of ether oxygens (including phenoxy) is 1. The molecule has 0 bridgehead atoms. The molecule has 1 aliphatic heterocycles. The molecule has 1 N–H and O–H groups in total. The fourth-order valence-corrected chi connectivity index (χ4v) is 2.71. The number of nitrogens with zero attached hydrogens (tertiary/aromatic N) is 1. The van der Waals surface area contributed by atoms with Crippen LogP contribution < -0.4 is 10.2 Å². The van der Waals surface area contributed by atoms with E-state index in [1.54, 1.807) is 0 Å². The lowest BCUT2D eigenvalue weighted by atomic mass is 9.99. The van der Waals surface area contributed by atoms with Crippen molar-refractivity contribution in [2.45, 2.75) is 52.6 Å². The molecule has 1 aromatic carbocycles. The summed E-state index contributed by atoms with van der Waals surface area (Å²) in [6.45, 7) is 8.51. The number of nitrogens with one attached hydrogen (secondary N) is 1. The molecule has 1 aliphatic rings. The van der Waals surface area contributed by atoms with Crippen molar-refractivity contribution in [2.24, 2.45) is 0 Å². The highest BCUT2D eigenvalue weighted by Gasteiger charge is 2.22. The van der Waals surface area contributed by atoms with Crippen LogP contribution in [0.15, 0.2) is 18.2 Å². The molecule has 0 unspecified atom stereocenters. The highest BCUT2D eigenvalue weighted by Crippen LogP contribution is 2.28. The van der Waals surface area contributed by atoms with Crippen LogP contribution in [0.2, 0.25) is 0 Å². The summed E-state index contributed by atoms with van der Waals surface area (Å²) in [6.07, 6.45) is 1.77. The molecule has 0 aromatic heterocycles. The second kappa shape index (κ2) is 7.02. The number of carbonyl (C=O) groups is 2. The van der Waals surface area contributed by atoms with Crippen LogP contribution >= 0.6 is 0 Å². The number of hydrogen-bond acceptors (Lipinski definition) is 3. The lowest BCUT2D eigenvalue weighted by molar-refractivity contribution is -0.118. The maximum Gasteiger partial charge on any atom is 0.407 e. The van der Waals surface area contributed by atoms with Crippen LogP contribution in [0.5, 0.6) is 0 Å². The summed E-state index contributed by atoms with van der Waals surface area (Å²) in [5, 5.41) is 2.63. The van der Waals surface area contributed by atoms with Crippen LogP contribution in [-0.2, 0) is 16.0 Å². The highest BCUT2D eigenvalue weighted by atomic mass is 16.6. The van der Waals surface area contributed by atoms with Gasteiger partial charge in [0.15, 0.2) is 0 Å². The fraction of sp³-hybridized carbons (Fsp3) is 0.556. The third-order valence-corrected chi connectivity index (χ3v) is 3.66. The van der Waals surface area contributed by atoms with E-state index in [9.17, 15) is 9.59 Å². The third kappa shape index (κ3) is 4.98. The Morgan fingerprint density at radius 2 is 2.04 bits per heavy atom. The number of rotatable bonds is 3. The van der Waals surface area contributed by atoms with E-state index < -0.39 is 11.7 Å². The van der Waals surface area contributed by atoms with E-state index >= 15 is 0 Å². The Kier molecular flexibility index (Phi) is 5.29. The SMILES string of the molecule is Cc1ccc2c(c1)CCCN2C(=O)CCNC(=O)OC(C)(C)C. The molecule has 0 radical (unpaired) electrons. The number of aryl methyl sites for hydroxylation is 2. The van der Waals surface area contributed by atoms with E-state index in [2.05, 4.69) is 18.3 Å². The summed E-state index contributed by atoms with van der Waals surface area (Å²) in [4.78, 5) is 25.9. The monoisotopic (exact) mass is 318 g/mol. The predicted molar refractivity (Wildman–Crippen MR) is 90.7 cm³/mol. The van der Waals surface area contributed by atoms with Crippen LogP contribution in [0, 0.1) is 6.92 Å². The van der Waals surface area contributed by atoms with E-state index in [4.69, 9.17) is 4.74 Å². The standard InChI is InChI=1S/C18H26N2O3/c1-13-7-8-15-14(12-13)6-5-11-20(15)16(21)9-10-19-17(22)23-18(2,3)4/h7-8,12H,5-6,9-11H2,1-4H3,(H,19,22). The van der Waals surface area contributed by atoms with Crippen molar-refractivity contribution in [3.05, 3.63) is 29.3 Å². The molecule has 2 rings (SSSR count). The average molecular weight is 318 g/mol. The summed E-state index contributed by atoms with van der Waals surface area (Å²) in [5.74, 6) is 0.0332. The molecule has 0 fully saturated rings. The molecule has 0 spiro atoms. The normalized spacial score (nSPS) is 14.2. The summed E-state index contributed by atoms with van der Waals surface area (Å²) in [5.41, 5.74) is 2.91. The minimum atomic E-state index is -0.530. The van der Waals surface area contributed by atoms with Crippen molar-refractivity contribution >= 4 is 17.7 Å². The van der Waals surface area contributed by atoms with Gasteiger partial charge in [0.25, 0.3) is 0 Å². The minimum Gasteiger partial charge on any atom is -0.444 e. The second-order valence-electron chi connectivity index (χ2n) is 6.96. The number of amides is 2. The molecule has 1 heterocycles. The Morgan fingerprint density at radius 3 is 2.74 bits per heavy atom. The van der Waals surface area contributed by atoms with Crippen LogP contribution in [-0.4, -0.2) is 30.7 Å². The van der Waals surface area contributed by atoms with Crippen LogP contribution in [0.4, 0.5) is 10.5 Å². The maximum absolute atomic E-state index is 12.4. The second-order valence-corrected chi connectivity index (χ2v) is 6.96. The van der Waals surface area contributed by atoms with Gasteiger partial charge in [-0.05, 0) is 52.2 Å². The Bertz CT molecular complexity index is 590. The Balaban J connectivity index is 1.89. The topological polar surface area (TPSA) is 58.6 Å². The van der Waals surface area contributed by atoms with E-state index in [1.165, 1.54) is 11.1 Å². The van der Waals surface area contributed by atoms with Gasteiger partial charge in [-0.3, -0.25) is 4.79 Å². The van der Waals surface area contributed by atoms with Crippen molar-refractivity contribution in [1.29, 1.82) is 0 Å². The first kappa shape index (κ1) is 17.3. The molecule has 2 amide bonds. The first-order valence-electron chi connectivity index (χ1n) is 8.13. The molecule has 0 atom stereocenters. The molecular weight excluding hydrogens is 292 g/mol. The smallest absolute Gasteiger partial charge is 0.407 e. The van der Waals surface area contributed by atoms with Gasteiger partial charge in [0.2, 0.25) is 5.91 Å². The molecule has 126 valence electrons. The first-order chi connectivity index (χ1) is 10.8. The Labute approximate surface area is 138 Å². The van der Waals surface area contributed by atoms with Gasteiger partial charge in [-0.2, -0.15) is 0 Å². The molecule has 23 heavy (non-hydrogen) atoms. The number of alkyl carbamates (subject to hydrolysis) is 1. The van der Waals surface area contributed by atoms with Crippen LogP contribution in [0.1, 0.15) is 44.7 Å². The number of benzene rings is 1. The summed E-state index contributed by atoms with van der Waals surface area (Å²) in [7, 11) is 0. The van der Waals surface area contributed by atoms with Crippen LogP contribution in [0.25, 0.3) is 0 Å². The fourth-order valence-electron chi connectivity index (χ4n) is 2.71. The van der Waals surface area contributed by atoms with Crippen molar-refractivity contribution in [3.63, 3.8) is 0 Å². The molecule has 0 saturated carbocycles. The molecular formula is C18H26N2O3. The van der Waals surface area contributed by atoms with Crippen molar-refractivity contribution in [1.82, 2.24) is 5.32 Å². The van der Waals surface area contributed by atoms with Gasteiger partial charge >= 0.3 is 6.09 Å². The van der Waals surface area contributed by atoms with E-state index in [1.807, 2.05) is 37.8 Å². The predicted octanol–water partition coefficient (Wildman–Crippen LogP) is 3.19. The molecule has 0 aliphatic carbocycles. The lowest BCUT2D eigenvalue weighted by Crippen LogP contribution is -2.39. The van der Waals surface area contributed by atoms with Gasteiger partial charge in [0.1, 0.15) is 5.60 Å². The minimum absolute atomic E-state index is 0.0332. The van der Waals surface area contributed by atoms with E-state index in [0.717, 1.165) is 25.1 Å². The third-order valence-electron chi connectivity index (χ3n) is 3.66. The number of hydrogen-bond donors (Lipinski definition) is 1. The Morgan fingerprint density at radius 1 is 1.30 bits per heavy atom. The molecule has 5 nitrogen and oxygen atoms in total. The van der Waals surface area contributed by atoms with E-state index in [0.29, 0.717) is 0 Å². The molecule has 1 aromatic rings. The van der Waals surface area contributed by atoms with Crippen molar-refractivity contribution in [3.8, 4) is 0 Å². The van der Waals surface area contributed by atoms with Gasteiger partial charge in [0, 0.05) is 25.2 Å². The summed E-state index contributed by atoms with van der Waals surface area (Å²) in [6, 6.07) is 6.19.